The highest BCUT2D eigenvalue weighted by Gasteiger charge is 2.48. The molecule has 0 bridgehead atoms. The first-order chi connectivity index (χ1) is 15.1. The average Bonchev–Trinajstić information content (AvgIpc) is 3.09. The Balaban J connectivity index is 1.54. The van der Waals surface area contributed by atoms with E-state index in [1.807, 2.05) is 36.4 Å². The van der Waals surface area contributed by atoms with E-state index in [9.17, 15) is 15.0 Å². The van der Waals surface area contributed by atoms with Crippen LogP contribution in [-0.2, 0) is 0 Å². The zero-order chi connectivity index (χ0) is 21.8. The van der Waals surface area contributed by atoms with Crippen LogP contribution in [0.2, 0.25) is 0 Å². The topological polar surface area (TPSA) is 91.3 Å². The molecule has 1 heterocycles. The fourth-order valence-electron chi connectivity index (χ4n) is 4.66. The van der Waals surface area contributed by atoms with Crippen molar-refractivity contribution in [2.75, 3.05) is 20.2 Å². The van der Waals surface area contributed by atoms with E-state index < -0.39 is 12.2 Å². The molecule has 1 aliphatic heterocycles. The van der Waals surface area contributed by atoms with Gasteiger partial charge >= 0.3 is 0 Å². The minimum atomic E-state index is -0.765. The quantitative estimate of drug-likeness (QED) is 0.653. The smallest absolute Gasteiger partial charge is 0.255 e. The van der Waals surface area contributed by atoms with E-state index in [4.69, 9.17) is 9.47 Å². The van der Waals surface area contributed by atoms with Gasteiger partial charge in [-0.05, 0) is 37.1 Å². The van der Waals surface area contributed by atoms with E-state index in [-0.39, 0.29) is 24.1 Å². The summed E-state index contributed by atoms with van der Waals surface area (Å²) >= 11 is 0. The number of carbonyl (C=O) groups excluding carboxylic acids is 1. The van der Waals surface area contributed by atoms with Gasteiger partial charge in [0.25, 0.3) is 5.91 Å². The van der Waals surface area contributed by atoms with Gasteiger partial charge in [-0.15, -0.1) is 0 Å². The first kappa shape index (κ1) is 21.6. The number of ether oxygens (including phenoxy) is 2. The fraction of sp³-hybridized carbons (Fsp3) is 0.458. The largest absolute Gasteiger partial charge is 0.496 e. The molecule has 2 aromatic carbocycles. The third kappa shape index (κ3) is 4.84. The molecule has 7 nitrogen and oxygen atoms in total. The Hall–Kier alpha value is -2.61. The maximum atomic E-state index is 13.1. The van der Waals surface area contributed by atoms with Crippen LogP contribution in [0.15, 0.2) is 54.6 Å². The van der Waals surface area contributed by atoms with Crippen LogP contribution >= 0.6 is 0 Å². The van der Waals surface area contributed by atoms with Crippen molar-refractivity contribution < 1.29 is 24.5 Å². The van der Waals surface area contributed by atoms with Gasteiger partial charge in [0.15, 0.2) is 0 Å². The molecule has 1 amide bonds. The van der Waals surface area contributed by atoms with Crippen LogP contribution in [0.25, 0.3) is 0 Å². The lowest BCUT2D eigenvalue weighted by molar-refractivity contribution is -0.0145. The van der Waals surface area contributed by atoms with Gasteiger partial charge in [-0.2, -0.15) is 0 Å². The third-order valence-corrected chi connectivity index (χ3v) is 6.25. The Labute approximate surface area is 182 Å². The Morgan fingerprint density at radius 2 is 1.71 bits per heavy atom. The van der Waals surface area contributed by atoms with Crippen molar-refractivity contribution in [1.29, 1.82) is 0 Å². The molecule has 2 aromatic rings. The van der Waals surface area contributed by atoms with E-state index in [0.717, 1.165) is 0 Å². The van der Waals surface area contributed by atoms with Crippen molar-refractivity contribution in [2.45, 2.75) is 49.7 Å². The van der Waals surface area contributed by atoms with Crippen molar-refractivity contribution in [3.8, 4) is 11.5 Å². The number of rotatable bonds is 6. The number of aliphatic hydroxyl groups excluding tert-OH is 2. The second-order valence-corrected chi connectivity index (χ2v) is 8.23. The van der Waals surface area contributed by atoms with Crippen molar-refractivity contribution in [3.63, 3.8) is 0 Å². The SMILES string of the molecule is COc1ccccc1C(=O)N[C@@H]1C[C@@H](Oc2ccccc2)[C@H](O)[C@H]1N1CCC(O)CC1. The first-order valence-corrected chi connectivity index (χ1v) is 10.8. The van der Waals surface area contributed by atoms with Gasteiger partial charge in [-0.1, -0.05) is 30.3 Å². The van der Waals surface area contributed by atoms with Crippen molar-refractivity contribution >= 4 is 5.91 Å². The van der Waals surface area contributed by atoms with Gasteiger partial charge < -0.3 is 25.0 Å². The summed E-state index contributed by atoms with van der Waals surface area (Å²) in [4.78, 5) is 15.2. The molecule has 1 saturated heterocycles. The van der Waals surface area contributed by atoms with Gasteiger partial charge in [0, 0.05) is 19.5 Å². The number of nitrogens with zero attached hydrogens (tertiary/aromatic N) is 1. The van der Waals surface area contributed by atoms with E-state index in [2.05, 4.69) is 10.2 Å². The summed E-state index contributed by atoms with van der Waals surface area (Å²) in [7, 11) is 1.54. The van der Waals surface area contributed by atoms with Crippen molar-refractivity contribution in [2.24, 2.45) is 0 Å². The Kier molecular flexibility index (Phi) is 6.75. The highest BCUT2D eigenvalue weighted by atomic mass is 16.5. The molecule has 0 radical (unpaired) electrons. The summed E-state index contributed by atoms with van der Waals surface area (Å²) in [6.45, 7) is 1.34. The van der Waals surface area contributed by atoms with E-state index >= 15 is 0 Å². The number of piperidine rings is 1. The molecule has 0 unspecified atom stereocenters. The van der Waals surface area contributed by atoms with Gasteiger partial charge in [0.05, 0.1) is 30.9 Å². The van der Waals surface area contributed by atoms with E-state index in [1.165, 1.54) is 7.11 Å². The second kappa shape index (κ2) is 9.68. The number of aliphatic hydroxyl groups is 2. The standard InChI is InChI=1S/C24H30N2O5/c1-30-20-10-6-5-9-18(20)24(29)25-19-15-21(31-17-7-3-2-4-8-17)23(28)22(19)26-13-11-16(27)12-14-26/h2-10,16,19,21-23,27-28H,11-15H2,1H3,(H,25,29)/t19-,21-,22+,23+/m1/s1. The first-order valence-electron chi connectivity index (χ1n) is 10.8. The molecule has 4 atom stereocenters. The predicted molar refractivity (Wildman–Crippen MR) is 116 cm³/mol. The molecule has 1 saturated carbocycles. The van der Waals surface area contributed by atoms with E-state index in [1.54, 1.807) is 18.2 Å². The molecule has 2 fully saturated rings. The predicted octanol–water partition coefficient (Wildman–Crippen LogP) is 1.83. The lowest BCUT2D eigenvalue weighted by atomic mass is 10.0. The van der Waals surface area contributed by atoms with Crippen LogP contribution in [0.4, 0.5) is 0 Å². The molecule has 2 aliphatic rings. The van der Waals surface area contributed by atoms with Crippen molar-refractivity contribution in [3.05, 3.63) is 60.2 Å². The summed E-state index contributed by atoms with van der Waals surface area (Å²) in [5.41, 5.74) is 0.458. The molecule has 166 valence electrons. The lowest BCUT2D eigenvalue weighted by Gasteiger charge is -2.38. The van der Waals surface area contributed by atoms with Crippen LogP contribution in [0.5, 0.6) is 11.5 Å². The summed E-state index contributed by atoms with van der Waals surface area (Å²) in [6, 6.07) is 15.9. The number of amides is 1. The molecule has 4 rings (SSSR count). The van der Waals surface area contributed by atoms with Crippen LogP contribution in [0.1, 0.15) is 29.6 Å². The van der Waals surface area contributed by atoms with Crippen LogP contribution in [0.3, 0.4) is 0 Å². The third-order valence-electron chi connectivity index (χ3n) is 6.25. The zero-order valence-electron chi connectivity index (χ0n) is 17.7. The molecular formula is C24H30N2O5. The summed E-state index contributed by atoms with van der Waals surface area (Å²) < 4.78 is 11.4. The van der Waals surface area contributed by atoms with Crippen LogP contribution in [-0.4, -0.2) is 71.6 Å². The molecule has 3 N–H and O–H groups in total. The Morgan fingerprint density at radius 3 is 2.42 bits per heavy atom. The molecule has 1 aliphatic carbocycles. The van der Waals surface area contributed by atoms with Crippen molar-refractivity contribution in [1.82, 2.24) is 10.2 Å². The highest BCUT2D eigenvalue weighted by molar-refractivity contribution is 5.97. The van der Waals surface area contributed by atoms with Crippen LogP contribution < -0.4 is 14.8 Å². The molecular weight excluding hydrogens is 396 g/mol. The highest BCUT2D eigenvalue weighted by Crippen LogP contribution is 2.31. The lowest BCUT2D eigenvalue weighted by Crippen LogP contribution is -2.55. The Morgan fingerprint density at radius 1 is 1.03 bits per heavy atom. The zero-order valence-corrected chi connectivity index (χ0v) is 17.7. The number of methoxy groups -OCH3 is 1. The van der Waals surface area contributed by atoms with Gasteiger partial charge in [-0.25, -0.2) is 0 Å². The number of carbonyl (C=O) groups is 1. The number of benzene rings is 2. The number of nitrogens with one attached hydrogen (secondary N) is 1. The molecule has 7 heteroatoms. The van der Waals surface area contributed by atoms with E-state index in [0.29, 0.717) is 49.4 Å². The minimum Gasteiger partial charge on any atom is -0.496 e. The van der Waals surface area contributed by atoms with Gasteiger partial charge in [0.2, 0.25) is 0 Å². The van der Waals surface area contributed by atoms with Gasteiger partial charge in [-0.3, -0.25) is 9.69 Å². The second-order valence-electron chi connectivity index (χ2n) is 8.23. The fourth-order valence-corrected chi connectivity index (χ4v) is 4.66. The number of hydrogen-bond donors (Lipinski definition) is 3. The van der Waals surface area contributed by atoms with Gasteiger partial charge in [0.1, 0.15) is 23.7 Å². The number of para-hydroxylation sites is 2. The normalized spacial score (nSPS) is 27.1. The Bertz CT molecular complexity index is 869. The summed E-state index contributed by atoms with van der Waals surface area (Å²) in [6.07, 6.45) is 0.274. The summed E-state index contributed by atoms with van der Waals surface area (Å²) in [5, 5.41) is 24.2. The molecule has 31 heavy (non-hydrogen) atoms. The summed E-state index contributed by atoms with van der Waals surface area (Å²) in [5.74, 6) is 0.960. The van der Waals surface area contributed by atoms with Crippen LogP contribution in [0, 0.1) is 0 Å². The number of hydrogen-bond acceptors (Lipinski definition) is 6. The maximum absolute atomic E-state index is 13.1. The minimum absolute atomic E-state index is 0.239. The molecule has 0 aromatic heterocycles. The monoisotopic (exact) mass is 426 g/mol. The average molecular weight is 427 g/mol. The maximum Gasteiger partial charge on any atom is 0.255 e. The number of likely N-dealkylation sites (tertiary alicyclic amines) is 1. The molecule has 0 spiro atoms.